The highest BCUT2D eigenvalue weighted by Crippen LogP contribution is 2.14. The fourth-order valence-corrected chi connectivity index (χ4v) is 3.11. The molecule has 0 aliphatic heterocycles. The van der Waals surface area contributed by atoms with Crippen LogP contribution in [0.25, 0.3) is 4.96 Å². The molecule has 7 heteroatoms. The Morgan fingerprint density at radius 3 is 3.14 bits per heavy atom. The molecule has 3 aromatic heterocycles. The van der Waals surface area contributed by atoms with Crippen LogP contribution >= 0.6 is 34.2 Å². The minimum atomic E-state index is 0.772. The van der Waals surface area contributed by atoms with Crippen molar-refractivity contribution in [3.05, 3.63) is 28.0 Å². The molecule has 4 nitrogen and oxygen atoms in total. The maximum absolute atomic E-state index is 4.39. The topological polar surface area (TPSA) is 42.5 Å². The summed E-state index contributed by atoms with van der Waals surface area (Å²) in [5.41, 5.74) is 0. The van der Waals surface area contributed by atoms with E-state index in [9.17, 15) is 0 Å². The molecule has 3 rings (SSSR count). The molecule has 0 amide bonds. The summed E-state index contributed by atoms with van der Waals surface area (Å²) in [5, 5.41) is 4.68. The molecular weight excluding hydrogens is 236 g/mol. The van der Waals surface area contributed by atoms with Crippen LogP contribution in [-0.2, 0) is 0 Å². The van der Waals surface area contributed by atoms with E-state index < -0.39 is 0 Å². The van der Waals surface area contributed by atoms with Crippen LogP contribution in [0.3, 0.4) is 0 Å². The first-order chi connectivity index (χ1) is 6.93. The molecular formula is C7H4N4S3. The highest BCUT2D eigenvalue weighted by molar-refractivity contribution is 7.17. The summed E-state index contributed by atoms with van der Waals surface area (Å²) in [6, 6.07) is 0. The van der Waals surface area contributed by atoms with Gasteiger partial charge in [-0.15, -0.1) is 22.7 Å². The largest absolute Gasteiger partial charge is 0.266 e. The molecule has 0 unspecified atom stereocenters. The molecule has 0 atom stereocenters. The van der Waals surface area contributed by atoms with Gasteiger partial charge in [-0.1, -0.05) is 0 Å². The van der Waals surface area contributed by atoms with Gasteiger partial charge in [0.1, 0.15) is 0 Å². The Morgan fingerprint density at radius 2 is 2.29 bits per heavy atom. The Bertz CT molecular complexity index is 600. The van der Waals surface area contributed by atoms with Gasteiger partial charge < -0.3 is 0 Å². The predicted octanol–water partition coefficient (Wildman–Crippen LogP) is 2.15. The summed E-state index contributed by atoms with van der Waals surface area (Å²) in [6.45, 7) is 0. The van der Waals surface area contributed by atoms with Crippen molar-refractivity contribution < 1.29 is 0 Å². The molecule has 0 fully saturated rings. The molecule has 0 aromatic carbocycles. The second-order valence-electron chi connectivity index (χ2n) is 2.45. The van der Waals surface area contributed by atoms with Crippen molar-refractivity contribution in [2.75, 3.05) is 0 Å². The zero-order valence-corrected chi connectivity index (χ0v) is 9.27. The Morgan fingerprint density at radius 1 is 1.29 bits per heavy atom. The standard InChI is InChI=1S/C7H4N4S3/c1-3-12-5(8-1)9-6-11-2-4-13-7(11)10-14-6/h1-4H/b9-6-. The summed E-state index contributed by atoms with van der Waals surface area (Å²) in [6.07, 6.45) is 3.72. The molecule has 0 bridgehead atoms. The summed E-state index contributed by atoms with van der Waals surface area (Å²) in [4.78, 5) is 10.3. The second kappa shape index (κ2) is 3.26. The van der Waals surface area contributed by atoms with E-state index in [1.54, 1.807) is 17.5 Å². The SMILES string of the molecule is c1csc(/N=c2\snc3sccn23)n1. The van der Waals surface area contributed by atoms with E-state index in [2.05, 4.69) is 14.3 Å². The van der Waals surface area contributed by atoms with E-state index in [1.807, 2.05) is 21.4 Å². The second-order valence-corrected chi connectivity index (χ2v) is 4.92. The number of hydrogen-bond donors (Lipinski definition) is 0. The van der Waals surface area contributed by atoms with Crippen molar-refractivity contribution in [2.24, 2.45) is 4.99 Å². The summed E-state index contributed by atoms with van der Waals surface area (Å²) in [7, 11) is 0. The van der Waals surface area contributed by atoms with Crippen LogP contribution in [0.15, 0.2) is 28.1 Å². The molecule has 0 saturated heterocycles. The molecule has 0 aliphatic rings. The first-order valence-corrected chi connectivity index (χ1v) is 6.32. The quantitative estimate of drug-likeness (QED) is 0.654. The third kappa shape index (κ3) is 1.29. The van der Waals surface area contributed by atoms with Gasteiger partial charge in [0.05, 0.1) is 0 Å². The number of rotatable bonds is 1. The molecule has 0 spiro atoms. The molecule has 0 N–H and O–H groups in total. The van der Waals surface area contributed by atoms with E-state index in [0.29, 0.717) is 0 Å². The van der Waals surface area contributed by atoms with Gasteiger partial charge in [0.15, 0.2) is 0 Å². The van der Waals surface area contributed by atoms with Gasteiger partial charge in [-0.05, 0) is 0 Å². The van der Waals surface area contributed by atoms with Gasteiger partial charge in [-0.2, -0.15) is 9.37 Å². The van der Waals surface area contributed by atoms with Crippen LogP contribution in [0, 0.1) is 0 Å². The highest BCUT2D eigenvalue weighted by Gasteiger charge is 1.99. The third-order valence-electron chi connectivity index (χ3n) is 1.61. The summed E-state index contributed by atoms with van der Waals surface area (Å²) >= 11 is 4.52. The lowest BCUT2D eigenvalue weighted by Gasteiger charge is -1.81. The van der Waals surface area contributed by atoms with Crippen LogP contribution in [0.4, 0.5) is 5.13 Å². The van der Waals surface area contributed by atoms with Gasteiger partial charge in [0, 0.05) is 34.7 Å². The van der Waals surface area contributed by atoms with Crippen LogP contribution in [0.2, 0.25) is 0 Å². The van der Waals surface area contributed by atoms with Crippen molar-refractivity contribution >= 4 is 44.3 Å². The maximum atomic E-state index is 4.39. The van der Waals surface area contributed by atoms with E-state index in [1.165, 1.54) is 22.9 Å². The van der Waals surface area contributed by atoms with Gasteiger partial charge in [-0.3, -0.25) is 4.40 Å². The minimum absolute atomic E-state index is 0.772. The number of fused-ring (bicyclic) bond motifs is 1. The fraction of sp³-hybridized carbons (Fsp3) is 0. The van der Waals surface area contributed by atoms with Gasteiger partial charge in [0.2, 0.25) is 14.9 Å². The molecule has 14 heavy (non-hydrogen) atoms. The lowest BCUT2D eigenvalue weighted by molar-refractivity contribution is 1.11. The van der Waals surface area contributed by atoms with Crippen LogP contribution in [0.1, 0.15) is 0 Å². The molecule has 0 saturated carbocycles. The normalized spacial score (nSPS) is 12.7. The van der Waals surface area contributed by atoms with E-state index in [0.717, 1.165) is 14.9 Å². The van der Waals surface area contributed by atoms with Crippen LogP contribution in [-0.4, -0.2) is 13.8 Å². The smallest absolute Gasteiger partial charge is 0.216 e. The van der Waals surface area contributed by atoms with Crippen LogP contribution in [0.5, 0.6) is 0 Å². The minimum Gasteiger partial charge on any atom is -0.266 e. The molecule has 0 radical (unpaired) electrons. The lowest BCUT2D eigenvalue weighted by atomic mass is 10.9. The molecule has 3 heterocycles. The Labute approximate surface area is 91.0 Å². The fourth-order valence-electron chi connectivity index (χ4n) is 1.03. The van der Waals surface area contributed by atoms with Crippen molar-refractivity contribution in [1.29, 1.82) is 0 Å². The van der Waals surface area contributed by atoms with Crippen molar-refractivity contribution in [3.8, 4) is 0 Å². The average molecular weight is 240 g/mol. The number of hydrogen-bond acceptors (Lipinski definition) is 6. The average Bonchev–Trinajstić information content (AvgIpc) is 2.85. The monoisotopic (exact) mass is 240 g/mol. The van der Waals surface area contributed by atoms with Crippen molar-refractivity contribution in [2.45, 2.75) is 0 Å². The maximum Gasteiger partial charge on any atom is 0.216 e. The Kier molecular flexibility index (Phi) is 1.93. The van der Waals surface area contributed by atoms with Crippen molar-refractivity contribution in [3.63, 3.8) is 0 Å². The highest BCUT2D eigenvalue weighted by atomic mass is 32.1. The first kappa shape index (κ1) is 8.27. The summed E-state index contributed by atoms with van der Waals surface area (Å²) in [5.74, 6) is 0. The lowest BCUT2D eigenvalue weighted by Crippen LogP contribution is -2.02. The Hall–Kier alpha value is -1.05. The molecule has 3 aromatic rings. The third-order valence-corrected chi connectivity index (χ3v) is 3.86. The Balaban J connectivity index is 2.27. The number of aromatic nitrogens is 3. The summed E-state index contributed by atoms with van der Waals surface area (Å²) < 4.78 is 6.23. The van der Waals surface area contributed by atoms with Crippen LogP contribution < -0.4 is 4.80 Å². The van der Waals surface area contributed by atoms with Gasteiger partial charge in [0.25, 0.3) is 0 Å². The van der Waals surface area contributed by atoms with Gasteiger partial charge >= 0.3 is 0 Å². The zero-order valence-electron chi connectivity index (χ0n) is 6.82. The van der Waals surface area contributed by atoms with Crippen molar-refractivity contribution in [1.82, 2.24) is 13.8 Å². The number of nitrogens with zero attached hydrogens (tertiary/aromatic N) is 4. The number of thiazole rings is 2. The molecule has 0 aliphatic carbocycles. The van der Waals surface area contributed by atoms with E-state index in [4.69, 9.17) is 0 Å². The predicted molar refractivity (Wildman–Crippen MR) is 58.3 cm³/mol. The van der Waals surface area contributed by atoms with E-state index >= 15 is 0 Å². The first-order valence-electron chi connectivity index (χ1n) is 3.79. The zero-order chi connectivity index (χ0) is 9.38. The van der Waals surface area contributed by atoms with E-state index in [-0.39, 0.29) is 0 Å². The van der Waals surface area contributed by atoms with Gasteiger partial charge in [-0.25, -0.2) is 4.98 Å². The molecule has 70 valence electrons.